The van der Waals surface area contributed by atoms with Crippen LogP contribution in [-0.2, 0) is 22.7 Å². The SMILES string of the molecule is O=C(Cn1ccc(=O)[nH]c1=O)N1CCC2(CC1)SSC1(CCN(C(=O)Cn3ccc(=O)[nH]c3=O)CC1)S2. The van der Waals surface area contributed by atoms with Crippen LogP contribution in [0.25, 0.3) is 0 Å². The number of hydrogen-bond acceptors (Lipinski definition) is 9. The number of piperidine rings is 2. The van der Waals surface area contributed by atoms with E-state index in [2.05, 4.69) is 9.97 Å². The summed E-state index contributed by atoms with van der Waals surface area (Å²) >= 11 is 1.96. The Morgan fingerprint density at radius 2 is 1.08 bits per heavy atom. The Labute approximate surface area is 222 Å². The van der Waals surface area contributed by atoms with Crippen LogP contribution in [0.5, 0.6) is 0 Å². The third-order valence-corrected chi connectivity index (χ3v) is 13.7. The van der Waals surface area contributed by atoms with Crippen LogP contribution >= 0.6 is 33.3 Å². The highest BCUT2D eigenvalue weighted by atomic mass is 33.1. The lowest BCUT2D eigenvalue weighted by atomic mass is 10.1. The van der Waals surface area contributed by atoms with Gasteiger partial charge in [-0.25, -0.2) is 9.59 Å². The minimum Gasteiger partial charge on any atom is -0.341 e. The Hall–Kier alpha value is -2.65. The number of rotatable bonds is 4. The lowest BCUT2D eigenvalue weighted by molar-refractivity contribution is -0.133. The number of H-pyrrole nitrogens is 2. The third-order valence-electron chi connectivity index (χ3n) is 6.88. The van der Waals surface area contributed by atoms with Crippen molar-refractivity contribution < 1.29 is 9.59 Å². The van der Waals surface area contributed by atoms with Gasteiger partial charge in [0, 0.05) is 50.7 Å². The zero-order valence-electron chi connectivity index (χ0n) is 19.8. The Morgan fingerprint density at radius 3 is 1.43 bits per heavy atom. The van der Waals surface area contributed by atoms with Crippen molar-refractivity contribution in [2.45, 2.75) is 46.9 Å². The summed E-state index contributed by atoms with van der Waals surface area (Å²) in [5.41, 5.74) is -2.17. The number of carbonyl (C=O) groups excluding carboxylic acids is 2. The summed E-state index contributed by atoms with van der Waals surface area (Å²) in [5, 5.41) is 0. The number of carbonyl (C=O) groups is 2. The minimum atomic E-state index is -0.592. The molecule has 3 aliphatic heterocycles. The maximum Gasteiger partial charge on any atom is 0.328 e. The van der Waals surface area contributed by atoms with E-state index in [9.17, 15) is 28.8 Å². The van der Waals surface area contributed by atoms with Crippen molar-refractivity contribution in [3.05, 3.63) is 66.2 Å². The van der Waals surface area contributed by atoms with Gasteiger partial charge in [0.1, 0.15) is 13.1 Å². The van der Waals surface area contributed by atoms with E-state index in [-0.39, 0.29) is 33.1 Å². The zero-order valence-corrected chi connectivity index (χ0v) is 22.3. The van der Waals surface area contributed by atoms with Crippen LogP contribution in [-0.4, -0.2) is 75.1 Å². The molecule has 2 aromatic heterocycles. The molecule has 2 spiro atoms. The fraction of sp³-hybridized carbons (Fsp3) is 0.545. The molecule has 37 heavy (non-hydrogen) atoms. The van der Waals surface area contributed by atoms with Crippen molar-refractivity contribution in [1.82, 2.24) is 28.9 Å². The number of nitrogens with one attached hydrogen (secondary N) is 2. The molecule has 198 valence electrons. The van der Waals surface area contributed by atoms with Gasteiger partial charge in [-0.3, -0.25) is 38.3 Å². The number of hydrogen-bond donors (Lipinski definition) is 2. The first-order chi connectivity index (χ1) is 17.7. The lowest BCUT2D eigenvalue weighted by Gasteiger charge is -2.41. The van der Waals surface area contributed by atoms with Crippen molar-refractivity contribution in [1.29, 1.82) is 0 Å². The predicted molar refractivity (Wildman–Crippen MR) is 143 cm³/mol. The summed E-state index contributed by atoms with van der Waals surface area (Å²) in [6.45, 7) is 2.21. The number of thioether (sulfide) groups is 1. The zero-order chi connectivity index (χ0) is 26.2. The largest absolute Gasteiger partial charge is 0.341 e. The van der Waals surface area contributed by atoms with E-state index < -0.39 is 22.5 Å². The maximum atomic E-state index is 12.8. The average molecular weight is 567 g/mol. The third kappa shape index (κ3) is 5.62. The molecule has 2 amide bonds. The number of amides is 2. The fourth-order valence-electron chi connectivity index (χ4n) is 4.72. The highest BCUT2D eigenvalue weighted by Crippen LogP contribution is 2.70. The van der Waals surface area contributed by atoms with Gasteiger partial charge in [-0.2, -0.15) is 0 Å². The van der Waals surface area contributed by atoms with Crippen LogP contribution < -0.4 is 22.5 Å². The molecule has 0 atom stereocenters. The summed E-state index contributed by atoms with van der Waals surface area (Å²) in [7, 11) is 3.74. The van der Waals surface area contributed by atoms with Crippen LogP contribution in [0.15, 0.2) is 43.7 Å². The summed E-state index contributed by atoms with van der Waals surface area (Å²) in [6.07, 6.45) is 6.01. The molecule has 3 saturated heterocycles. The van der Waals surface area contributed by atoms with Gasteiger partial charge in [-0.15, -0.1) is 11.8 Å². The lowest BCUT2D eigenvalue weighted by Crippen LogP contribution is -2.47. The van der Waals surface area contributed by atoms with Crippen LogP contribution in [0.3, 0.4) is 0 Å². The van der Waals surface area contributed by atoms with Gasteiger partial charge in [0.2, 0.25) is 11.8 Å². The summed E-state index contributed by atoms with van der Waals surface area (Å²) in [4.78, 5) is 79.6. The molecular weight excluding hydrogens is 540 g/mol. The molecule has 0 aliphatic carbocycles. The summed E-state index contributed by atoms with van der Waals surface area (Å²) in [5.74, 6) is -0.291. The Kier molecular flexibility index (Phi) is 7.20. The standard InChI is InChI=1S/C22H26N6O6S3/c29-15-1-7-27(19(33)23-15)13-17(31)25-9-3-21(4-10-25)35-22(37-36-21)5-11-26(12-6-22)18(32)14-28-8-2-16(30)24-20(28)34/h1-2,7-8H,3-6,9-14H2,(H,23,29,33)(H,24,30,34). The molecule has 15 heteroatoms. The molecule has 0 bridgehead atoms. The van der Waals surface area contributed by atoms with E-state index in [1.165, 1.54) is 33.7 Å². The normalized spacial score (nSPS) is 20.4. The van der Waals surface area contributed by atoms with Crippen molar-refractivity contribution in [3.8, 4) is 0 Å². The van der Waals surface area contributed by atoms with Crippen LogP contribution in [0, 0.1) is 0 Å². The molecule has 0 radical (unpaired) electrons. The second kappa shape index (κ2) is 10.3. The quantitative estimate of drug-likeness (QED) is 0.482. The highest BCUT2D eigenvalue weighted by molar-refractivity contribution is 8.83. The molecule has 2 aromatic rings. The fourth-order valence-corrected chi connectivity index (χ4v) is 11.7. The second-order valence-corrected chi connectivity index (χ2v) is 14.5. The number of likely N-dealkylation sites (tertiary alicyclic amines) is 2. The van der Waals surface area contributed by atoms with E-state index in [0.29, 0.717) is 26.2 Å². The predicted octanol–water partition coefficient (Wildman–Crippen LogP) is -0.148. The average Bonchev–Trinajstić information content (AvgIpc) is 3.20. The Morgan fingerprint density at radius 1 is 0.703 bits per heavy atom. The second-order valence-electron chi connectivity index (χ2n) is 9.33. The molecule has 5 rings (SSSR count). The minimum absolute atomic E-state index is 0.00562. The maximum absolute atomic E-state index is 12.8. The summed E-state index contributed by atoms with van der Waals surface area (Å²) in [6, 6.07) is 2.45. The molecule has 5 heterocycles. The Bertz CT molecular complexity index is 1320. The van der Waals surface area contributed by atoms with Gasteiger partial charge in [0.05, 0.1) is 8.16 Å². The highest BCUT2D eigenvalue weighted by Gasteiger charge is 2.53. The van der Waals surface area contributed by atoms with Gasteiger partial charge < -0.3 is 9.80 Å². The molecule has 3 fully saturated rings. The number of aromatic nitrogens is 4. The molecule has 0 aromatic carbocycles. The molecule has 0 unspecified atom stereocenters. The summed E-state index contributed by atoms with van der Waals surface area (Å²) < 4.78 is 2.43. The number of nitrogens with zero attached hydrogens (tertiary/aromatic N) is 4. The van der Waals surface area contributed by atoms with E-state index in [0.717, 1.165) is 25.7 Å². The van der Waals surface area contributed by atoms with Crippen molar-refractivity contribution in [2.75, 3.05) is 26.2 Å². The van der Waals surface area contributed by atoms with Gasteiger partial charge in [-0.05, 0) is 25.7 Å². The first-order valence-electron chi connectivity index (χ1n) is 11.9. The van der Waals surface area contributed by atoms with Crippen LogP contribution in [0.4, 0.5) is 0 Å². The van der Waals surface area contributed by atoms with Crippen LogP contribution in [0.2, 0.25) is 0 Å². The monoisotopic (exact) mass is 566 g/mol. The molecule has 3 aliphatic rings. The first kappa shape index (κ1) is 26.0. The molecule has 12 nitrogen and oxygen atoms in total. The van der Waals surface area contributed by atoms with Gasteiger partial charge >= 0.3 is 11.4 Å². The van der Waals surface area contributed by atoms with Crippen LogP contribution in [0.1, 0.15) is 25.7 Å². The van der Waals surface area contributed by atoms with E-state index >= 15 is 0 Å². The van der Waals surface area contributed by atoms with E-state index in [1.54, 1.807) is 9.80 Å². The topological polar surface area (TPSA) is 150 Å². The first-order valence-corrected chi connectivity index (χ1v) is 14.8. The van der Waals surface area contributed by atoms with E-state index in [4.69, 9.17) is 0 Å². The van der Waals surface area contributed by atoms with Gasteiger partial charge in [-0.1, -0.05) is 21.6 Å². The number of aromatic amines is 2. The molecular formula is C22H26N6O6S3. The van der Waals surface area contributed by atoms with Crippen molar-refractivity contribution in [2.24, 2.45) is 0 Å². The van der Waals surface area contributed by atoms with Gasteiger partial charge in [0.25, 0.3) is 11.1 Å². The molecule has 2 N–H and O–H groups in total. The smallest absolute Gasteiger partial charge is 0.328 e. The Balaban J connectivity index is 1.12. The van der Waals surface area contributed by atoms with Crippen molar-refractivity contribution >= 4 is 45.2 Å². The van der Waals surface area contributed by atoms with Crippen molar-refractivity contribution in [3.63, 3.8) is 0 Å². The van der Waals surface area contributed by atoms with E-state index in [1.807, 2.05) is 33.3 Å². The van der Waals surface area contributed by atoms with Gasteiger partial charge in [0.15, 0.2) is 0 Å². The molecule has 0 saturated carbocycles.